The van der Waals surface area contributed by atoms with Gasteiger partial charge in [0.05, 0.1) is 6.04 Å². The maximum atomic E-state index is 12.5. The van der Waals surface area contributed by atoms with Crippen molar-refractivity contribution in [2.45, 2.75) is 19.4 Å². The van der Waals surface area contributed by atoms with Crippen molar-refractivity contribution in [3.63, 3.8) is 0 Å². The molecule has 3 heterocycles. The highest BCUT2D eigenvalue weighted by Gasteiger charge is 2.25. The van der Waals surface area contributed by atoms with Crippen molar-refractivity contribution in [2.24, 2.45) is 5.73 Å². The van der Waals surface area contributed by atoms with Crippen molar-refractivity contribution in [3.8, 4) is 0 Å². The van der Waals surface area contributed by atoms with Gasteiger partial charge in [-0.3, -0.25) is 4.79 Å². The molecule has 2 N–H and O–H groups in total. The minimum absolute atomic E-state index is 0.0237. The van der Waals surface area contributed by atoms with Gasteiger partial charge in [0, 0.05) is 44.0 Å². The van der Waals surface area contributed by atoms with E-state index >= 15 is 0 Å². The average Bonchev–Trinajstić information content (AvgIpc) is 3.11. The van der Waals surface area contributed by atoms with Crippen LogP contribution < -0.4 is 10.6 Å². The molecular weight excluding hydrogens is 312 g/mol. The van der Waals surface area contributed by atoms with Crippen LogP contribution in [0.3, 0.4) is 0 Å². The monoisotopic (exact) mass is 332 g/mol. The Labute approximate surface area is 139 Å². The molecule has 0 spiro atoms. The Morgan fingerprint density at radius 1 is 1.30 bits per heavy atom. The fourth-order valence-corrected chi connectivity index (χ4v) is 3.34. The zero-order chi connectivity index (χ0) is 16.2. The summed E-state index contributed by atoms with van der Waals surface area (Å²) in [6.45, 7) is 4.74. The highest BCUT2D eigenvalue weighted by atomic mass is 32.1. The zero-order valence-electron chi connectivity index (χ0n) is 13.1. The molecule has 8 heteroatoms. The van der Waals surface area contributed by atoms with Crippen LogP contribution in [0.25, 0.3) is 0 Å². The van der Waals surface area contributed by atoms with E-state index in [4.69, 9.17) is 5.73 Å². The fourth-order valence-electron chi connectivity index (χ4n) is 2.46. The fraction of sp³-hybridized carbons (Fsp3) is 0.467. The SMILES string of the molecule is CCC(N)c1nc(C(=O)N2CCN(c3ncccn3)CC2)cs1. The van der Waals surface area contributed by atoms with E-state index in [0.717, 1.165) is 24.5 Å². The van der Waals surface area contributed by atoms with E-state index < -0.39 is 0 Å². The molecule has 1 amide bonds. The molecule has 0 bridgehead atoms. The number of thiazole rings is 1. The number of piperazine rings is 1. The number of aromatic nitrogens is 3. The van der Waals surface area contributed by atoms with Crippen LogP contribution in [0.4, 0.5) is 5.95 Å². The van der Waals surface area contributed by atoms with Crippen LogP contribution in [-0.4, -0.2) is 51.9 Å². The lowest BCUT2D eigenvalue weighted by molar-refractivity contribution is 0.0741. The summed E-state index contributed by atoms with van der Waals surface area (Å²) in [6, 6.07) is 1.71. The Morgan fingerprint density at radius 2 is 2.00 bits per heavy atom. The molecule has 1 aliphatic heterocycles. The van der Waals surface area contributed by atoms with Crippen molar-refractivity contribution >= 4 is 23.2 Å². The summed E-state index contributed by atoms with van der Waals surface area (Å²) in [4.78, 5) is 29.4. The Bertz CT molecular complexity index is 653. The molecule has 1 atom stereocenters. The van der Waals surface area contributed by atoms with Crippen LogP contribution in [-0.2, 0) is 0 Å². The van der Waals surface area contributed by atoms with Crippen molar-refractivity contribution in [2.75, 3.05) is 31.1 Å². The molecule has 2 aromatic heterocycles. The van der Waals surface area contributed by atoms with Gasteiger partial charge in [-0.1, -0.05) is 6.92 Å². The number of nitrogens with zero attached hydrogens (tertiary/aromatic N) is 5. The lowest BCUT2D eigenvalue weighted by atomic mass is 10.2. The first-order valence-electron chi connectivity index (χ1n) is 7.71. The normalized spacial score (nSPS) is 16.4. The summed E-state index contributed by atoms with van der Waals surface area (Å²) in [5.41, 5.74) is 6.47. The van der Waals surface area contributed by atoms with Crippen molar-refractivity contribution in [1.82, 2.24) is 19.9 Å². The summed E-state index contributed by atoms with van der Waals surface area (Å²) < 4.78 is 0. The van der Waals surface area contributed by atoms with E-state index in [2.05, 4.69) is 19.9 Å². The van der Waals surface area contributed by atoms with Gasteiger partial charge in [0.15, 0.2) is 0 Å². The molecule has 0 saturated carbocycles. The molecule has 0 aromatic carbocycles. The molecule has 1 unspecified atom stereocenters. The Hall–Kier alpha value is -2.06. The van der Waals surface area contributed by atoms with E-state index in [-0.39, 0.29) is 11.9 Å². The van der Waals surface area contributed by atoms with Crippen molar-refractivity contribution in [3.05, 3.63) is 34.5 Å². The highest BCUT2D eigenvalue weighted by Crippen LogP contribution is 2.20. The summed E-state index contributed by atoms with van der Waals surface area (Å²) in [6.07, 6.45) is 4.28. The number of amides is 1. The third-order valence-corrected chi connectivity index (χ3v) is 4.88. The minimum atomic E-state index is -0.0892. The molecule has 0 radical (unpaired) electrons. The van der Waals surface area contributed by atoms with Crippen LogP contribution in [0.2, 0.25) is 0 Å². The standard InChI is InChI=1S/C15H20N6OS/c1-2-11(16)13-19-12(10-23-13)14(22)20-6-8-21(9-7-20)15-17-4-3-5-18-15/h3-5,10-11H,2,6-9,16H2,1H3. The topological polar surface area (TPSA) is 88.2 Å². The van der Waals surface area contributed by atoms with Gasteiger partial charge in [0.25, 0.3) is 5.91 Å². The summed E-state index contributed by atoms with van der Waals surface area (Å²) >= 11 is 1.46. The van der Waals surface area contributed by atoms with Gasteiger partial charge in [0.1, 0.15) is 10.7 Å². The molecule has 0 aliphatic carbocycles. The second-order valence-corrected chi connectivity index (χ2v) is 6.30. The van der Waals surface area contributed by atoms with Gasteiger partial charge in [-0.15, -0.1) is 11.3 Å². The van der Waals surface area contributed by atoms with Gasteiger partial charge in [-0.25, -0.2) is 15.0 Å². The Kier molecular flexibility index (Phi) is 4.82. The summed E-state index contributed by atoms with van der Waals surface area (Å²) in [5, 5.41) is 2.63. The molecule has 122 valence electrons. The van der Waals surface area contributed by atoms with Gasteiger partial charge < -0.3 is 15.5 Å². The number of hydrogen-bond acceptors (Lipinski definition) is 7. The summed E-state index contributed by atoms with van der Waals surface area (Å²) in [5.74, 6) is 0.689. The summed E-state index contributed by atoms with van der Waals surface area (Å²) in [7, 11) is 0. The number of carbonyl (C=O) groups is 1. The maximum Gasteiger partial charge on any atom is 0.273 e. The second-order valence-electron chi connectivity index (χ2n) is 5.41. The zero-order valence-corrected chi connectivity index (χ0v) is 13.9. The largest absolute Gasteiger partial charge is 0.337 e. The number of hydrogen-bond donors (Lipinski definition) is 1. The van der Waals surface area contributed by atoms with Crippen molar-refractivity contribution < 1.29 is 4.79 Å². The minimum Gasteiger partial charge on any atom is -0.337 e. The molecule has 23 heavy (non-hydrogen) atoms. The van der Waals surface area contributed by atoms with E-state index in [9.17, 15) is 4.79 Å². The third-order valence-electron chi connectivity index (χ3n) is 3.90. The molecule has 1 aliphatic rings. The molecule has 1 saturated heterocycles. The number of nitrogens with two attached hydrogens (primary N) is 1. The number of rotatable bonds is 4. The first kappa shape index (κ1) is 15.8. The molecular formula is C15H20N6OS. The Balaban J connectivity index is 1.61. The van der Waals surface area contributed by atoms with Crippen LogP contribution in [0.15, 0.2) is 23.8 Å². The first-order valence-corrected chi connectivity index (χ1v) is 8.59. The van der Waals surface area contributed by atoms with E-state index in [1.54, 1.807) is 23.8 Å². The highest BCUT2D eigenvalue weighted by molar-refractivity contribution is 7.09. The van der Waals surface area contributed by atoms with Gasteiger partial charge in [0.2, 0.25) is 5.95 Å². The van der Waals surface area contributed by atoms with Crippen LogP contribution in [0.5, 0.6) is 0 Å². The molecule has 7 nitrogen and oxygen atoms in total. The first-order chi connectivity index (χ1) is 11.2. The van der Waals surface area contributed by atoms with Crippen LogP contribution in [0.1, 0.15) is 34.9 Å². The number of carbonyl (C=O) groups excluding carboxylic acids is 1. The molecule has 2 aromatic rings. The lowest BCUT2D eigenvalue weighted by Crippen LogP contribution is -2.49. The van der Waals surface area contributed by atoms with Crippen LogP contribution >= 0.6 is 11.3 Å². The molecule has 1 fully saturated rings. The Morgan fingerprint density at radius 3 is 2.65 bits per heavy atom. The predicted octanol–water partition coefficient (Wildman–Crippen LogP) is 1.31. The molecule has 3 rings (SSSR count). The maximum absolute atomic E-state index is 12.5. The third kappa shape index (κ3) is 3.48. The van der Waals surface area contributed by atoms with Crippen molar-refractivity contribution in [1.29, 1.82) is 0 Å². The smallest absolute Gasteiger partial charge is 0.273 e. The second kappa shape index (κ2) is 7.01. The lowest BCUT2D eigenvalue weighted by Gasteiger charge is -2.34. The van der Waals surface area contributed by atoms with E-state index in [1.165, 1.54) is 11.3 Å². The van der Waals surface area contributed by atoms with Gasteiger partial charge in [-0.2, -0.15) is 0 Å². The average molecular weight is 332 g/mol. The van der Waals surface area contributed by atoms with Gasteiger partial charge in [-0.05, 0) is 12.5 Å². The quantitative estimate of drug-likeness (QED) is 0.908. The predicted molar refractivity (Wildman–Crippen MR) is 89.5 cm³/mol. The van der Waals surface area contributed by atoms with Gasteiger partial charge >= 0.3 is 0 Å². The van der Waals surface area contributed by atoms with E-state index in [1.807, 2.05) is 11.8 Å². The van der Waals surface area contributed by atoms with E-state index in [0.29, 0.717) is 24.7 Å². The number of anilines is 1. The van der Waals surface area contributed by atoms with Crippen LogP contribution in [0, 0.1) is 0 Å².